The molecule has 0 saturated heterocycles. The summed E-state index contributed by atoms with van der Waals surface area (Å²) in [6, 6.07) is 21.3. The van der Waals surface area contributed by atoms with Crippen molar-refractivity contribution in [1.82, 2.24) is 0 Å². The Balaban J connectivity index is 1.31. The number of halogens is 3. The first-order chi connectivity index (χ1) is 20.6. The number of hydrogen-bond acceptors (Lipinski definition) is 4. The van der Waals surface area contributed by atoms with Gasteiger partial charge >= 0.3 is 12.1 Å². The van der Waals surface area contributed by atoms with Gasteiger partial charge in [-0.3, -0.25) is 4.79 Å². The van der Waals surface area contributed by atoms with Crippen LogP contribution in [-0.4, -0.2) is 17.7 Å². The molecule has 0 bridgehead atoms. The van der Waals surface area contributed by atoms with E-state index in [4.69, 9.17) is 19.3 Å². The van der Waals surface area contributed by atoms with Gasteiger partial charge in [0.25, 0.3) is 0 Å². The fourth-order valence-electron chi connectivity index (χ4n) is 6.33. The SMILES string of the molecule is Cc1cc(OCc2ccccc2)cc(C)c1-c1c(C(F)(F)F)ccc2c1CC[C@H]2Oc1ccc2c(c1)OC[C@H]2CC(=O)O. The average Bonchev–Trinajstić information content (AvgIpc) is 3.55. The molecular weight excluding hydrogens is 557 g/mol. The number of aliphatic carboxylic acids is 1. The molecule has 1 heterocycles. The number of hydrogen-bond donors (Lipinski definition) is 1. The van der Waals surface area contributed by atoms with Crippen molar-refractivity contribution in [1.29, 1.82) is 0 Å². The third kappa shape index (κ3) is 5.78. The van der Waals surface area contributed by atoms with Crippen LogP contribution in [-0.2, 0) is 24.0 Å². The lowest BCUT2D eigenvalue weighted by Gasteiger charge is -2.22. The number of aryl methyl sites for hydroxylation is 2. The van der Waals surface area contributed by atoms with Crippen molar-refractivity contribution in [2.75, 3.05) is 6.61 Å². The molecule has 0 spiro atoms. The number of ether oxygens (including phenoxy) is 3. The molecule has 4 aromatic carbocycles. The molecule has 1 aliphatic carbocycles. The smallest absolute Gasteiger partial charge is 0.417 e. The summed E-state index contributed by atoms with van der Waals surface area (Å²) in [5.74, 6) is 0.600. The first kappa shape index (κ1) is 28.6. The number of carboxylic acids is 1. The second kappa shape index (κ2) is 11.3. The molecule has 5 nitrogen and oxygen atoms in total. The van der Waals surface area contributed by atoms with E-state index in [2.05, 4.69) is 0 Å². The minimum Gasteiger partial charge on any atom is -0.492 e. The van der Waals surface area contributed by atoms with Crippen molar-refractivity contribution in [3.63, 3.8) is 0 Å². The Hall–Kier alpha value is -4.46. The van der Waals surface area contributed by atoms with Crippen LogP contribution >= 0.6 is 0 Å². The summed E-state index contributed by atoms with van der Waals surface area (Å²) in [6.07, 6.45) is -4.02. The highest BCUT2D eigenvalue weighted by Crippen LogP contribution is 2.48. The highest BCUT2D eigenvalue weighted by atomic mass is 19.4. The van der Waals surface area contributed by atoms with Gasteiger partial charge in [-0.15, -0.1) is 0 Å². The van der Waals surface area contributed by atoms with Gasteiger partial charge in [0.05, 0.1) is 18.6 Å². The number of fused-ring (bicyclic) bond motifs is 2. The molecule has 0 radical (unpaired) electrons. The van der Waals surface area contributed by atoms with Crippen molar-refractivity contribution < 1.29 is 37.3 Å². The molecule has 43 heavy (non-hydrogen) atoms. The Labute approximate surface area is 247 Å². The number of alkyl halides is 3. The minimum atomic E-state index is -4.53. The number of carboxylic acid groups (broad SMARTS) is 1. The van der Waals surface area contributed by atoms with E-state index >= 15 is 0 Å². The molecule has 0 amide bonds. The van der Waals surface area contributed by atoms with Crippen LogP contribution in [0, 0.1) is 13.8 Å². The lowest BCUT2D eigenvalue weighted by molar-refractivity contribution is -0.138. The van der Waals surface area contributed by atoms with Crippen LogP contribution < -0.4 is 14.2 Å². The van der Waals surface area contributed by atoms with Crippen molar-refractivity contribution in [3.8, 4) is 28.4 Å². The third-order valence-corrected chi connectivity index (χ3v) is 8.23. The fourth-order valence-corrected chi connectivity index (χ4v) is 6.33. The largest absolute Gasteiger partial charge is 0.492 e. The van der Waals surface area contributed by atoms with E-state index in [1.165, 1.54) is 6.07 Å². The normalized spacial score (nSPS) is 17.2. The molecule has 6 rings (SSSR count). The molecule has 2 aliphatic rings. The number of carbonyl (C=O) groups is 1. The molecular formula is C35H31F3O5. The van der Waals surface area contributed by atoms with Gasteiger partial charge in [0, 0.05) is 17.5 Å². The van der Waals surface area contributed by atoms with Crippen LogP contribution in [0.3, 0.4) is 0 Å². The lowest BCUT2D eigenvalue weighted by Crippen LogP contribution is -2.11. The summed E-state index contributed by atoms with van der Waals surface area (Å²) in [5.41, 5.74) is 4.72. The van der Waals surface area contributed by atoms with E-state index in [1.807, 2.05) is 50.2 Å². The molecule has 4 aromatic rings. The van der Waals surface area contributed by atoms with Crippen molar-refractivity contribution in [2.24, 2.45) is 0 Å². The standard InChI is InChI=1S/C35H31F3O5/c1-20-14-25(41-18-22-6-4-3-5-7-22)15-21(2)33(20)34-28-11-13-30(27(28)10-12-29(34)35(36,37)38)43-24-8-9-26-23(16-32(39)40)19-42-31(26)17-24/h3-10,12,14-15,17,23,30H,11,13,16,18-19H2,1-2H3,(H,39,40)/t23-,30-/m1/s1. The van der Waals surface area contributed by atoms with E-state index in [9.17, 15) is 18.0 Å². The maximum Gasteiger partial charge on any atom is 0.417 e. The molecule has 0 fully saturated rings. The van der Waals surface area contributed by atoms with E-state index in [0.29, 0.717) is 59.0 Å². The van der Waals surface area contributed by atoms with Gasteiger partial charge in [-0.25, -0.2) is 0 Å². The summed E-state index contributed by atoms with van der Waals surface area (Å²) in [4.78, 5) is 11.2. The molecule has 0 saturated carbocycles. The van der Waals surface area contributed by atoms with E-state index in [-0.39, 0.29) is 24.5 Å². The highest BCUT2D eigenvalue weighted by Gasteiger charge is 2.39. The van der Waals surface area contributed by atoms with Gasteiger partial charge < -0.3 is 19.3 Å². The molecule has 0 unspecified atom stereocenters. The summed E-state index contributed by atoms with van der Waals surface area (Å²) >= 11 is 0. The Kier molecular flexibility index (Phi) is 7.54. The zero-order valence-corrected chi connectivity index (χ0v) is 23.8. The maximum absolute atomic E-state index is 14.4. The van der Waals surface area contributed by atoms with Crippen molar-refractivity contribution in [2.45, 2.75) is 57.9 Å². The van der Waals surface area contributed by atoms with Crippen LogP contribution in [0.2, 0.25) is 0 Å². The van der Waals surface area contributed by atoms with Gasteiger partial charge in [0.15, 0.2) is 0 Å². The lowest BCUT2D eigenvalue weighted by atomic mass is 9.86. The van der Waals surface area contributed by atoms with Crippen LogP contribution in [0.1, 0.15) is 63.8 Å². The summed E-state index contributed by atoms with van der Waals surface area (Å²) < 4.78 is 61.3. The molecule has 1 aliphatic heterocycles. The van der Waals surface area contributed by atoms with Crippen LogP contribution in [0.25, 0.3) is 11.1 Å². The predicted molar refractivity (Wildman–Crippen MR) is 156 cm³/mol. The van der Waals surface area contributed by atoms with Gasteiger partial charge in [0.2, 0.25) is 0 Å². The van der Waals surface area contributed by atoms with Gasteiger partial charge in [-0.2, -0.15) is 13.2 Å². The van der Waals surface area contributed by atoms with E-state index in [0.717, 1.165) is 22.8 Å². The maximum atomic E-state index is 14.4. The summed E-state index contributed by atoms with van der Waals surface area (Å²) in [6.45, 7) is 4.29. The van der Waals surface area contributed by atoms with Crippen molar-refractivity contribution in [3.05, 3.63) is 112 Å². The summed E-state index contributed by atoms with van der Waals surface area (Å²) in [5, 5.41) is 9.17. The average molecular weight is 589 g/mol. The van der Waals surface area contributed by atoms with Crippen LogP contribution in [0.5, 0.6) is 17.2 Å². The number of rotatable bonds is 8. The Morgan fingerprint density at radius 2 is 1.65 bits per heavy atom. The highest BCUT2D eigenvalue weighted by molar-refractivity contribution is 5.80. The number of benzene rings is 4. The minimum absolute atomic E-state index is 0.0213. The first-order valence-electron chi connectivity index (χ1n) is 14.2. The molecule has 1 N–H and O–H groups in total. The van der Waals surface area contributed by atoms with Crippen LogP contribution in [0.15, 0.2) is 72.8 Å². The Bertz CT molecular complexity index is 1660. The van der Waals surface area contributed by atoms with E-state index < -0.39 is 23.8 Å². The Morgan fingerprint density at radius 3 is 2.35 bits per heavy atom. The fraction of sp³-hybridized carbons (Fsp3) is 0.286. The second-order valence-electron chi connectivity index (χ2n) is 11.2. The van der Waals surface area contributed by atoms with Gasteiger partial charge in [-0.05, 0) is 89.9 Å². The first-order valence-corrected chi connectivity index (χ1v) is 14.2. The van der Waals surface area contributed by atoms with E-state index in [1.54, 1.807) is 24.3 Å². The zero-order valence-electron chi connectivity index (χ0n) is 23.8. The van der Waals surface area contributed by atoms with Gasteiger partial charge in [0.1, 0.15) is 30.0 Å². The summed E-state index contributed by atoms with van der Waals surface area (Å²) in [7, 11) is 0. The van der Waals surface area contributed by atoms with Gasteiger partial charge in [-0.1, -0.05) is 42.5 Å². The van der Waals surface area contributed by atoms with Crippen LogP contribution in [0.4, 0.5) is 13.2 Å². The zero-order chi connectivity index (χ0) is 30.3. The topological polar surface area (TPSA) is 65.0 Å². The predicted octanol–water partition coefficient (Wildman–Crippen LogP) is 8.59. The molecule has 2 atom stereocenters. The molecule has 0 aromatic heterocycles. The van der Waals surface area contributed by atoms with Crippen molar-refractivity contribution >= 4 is 5.97 Å². The quantitative estimate of drug-likeness (QED) is 0.223. The second-order valence-corrected chi connectivity index (χ2v) is 11.2. The third-order valence-electron chi connectivity index (χ3n) is 8.23. The molecule has 8 heteroatoms. The Morgan fingerprint density at radius 1 is 0.930 bits per heavy atom. The molecule has 222 valence electrons. The monoisotopic (exact) mass is 588 g/mol.